The maximum Gasteiger partial charge on any atom is 0.146 e. The fraction of sp³-hybridized carbons (Fsp3) is 0.500. The van der Waals surface area contributed by atoms with E-state index in [2.05, 4.69) is 25.9 Å². The van der Waals surface area contributed by atoms with Crippen LogP contribution >= 0.6 is 27.5 Å². The van der Waals surface area contributed by atoms with Gasteiger partial charge in [-0.15, -0.1) is 0 Å². The van der Waals surface area contributed by atoms with Gasteiger partial charge < -0.3 is 0 Å². The fourth-order valence-corrected chi connectivity index (χ4v) is 1.64. The molecular weight excluding hydrogens is 239 g/mol. The summed E-state index contributed by atoms with van der Waals surface area (Å²) in [6, 6.07) is 0. The van der Waals surface area contributed by atoms with E-state index in [9.17, 15) is 0 Å². The van der Waals surface area contributed by atoms with E-state index in [1.165, 1.54) is 19.2 Å². The molecule has 2 nitrogen and oxygen atoms in total. The highest BCUT2D eigenvalue weighted by Gasteiger charge is 2.23. The van der Waals surface area contributed by atoms with Crippen LogP contribution in [0, 0.1) is 5.92 Å². The van der Waals surface area contributed by atoms with Crippen LogP contribution in [-0.4, -0.2) is 9.97 Å². The smallest absolute Gasteiger partial charge is 0.146 e. The molecule has 1 aliphatic rings. The summed E-state index contributed by atoms with van der Waals surface area (Å²) in [5.74, 6) is 0.826. The van der Waals surface area contributed by atoms with Crippen molar-refractivity contribution < 1.29 is 0 Å². The van der Waals surface area contributed by atoms with Crippen molar-refractivity contribution in [2.75, 3.05) is 0 Å². The van der Waals surface area contributed by atoms with Crippen LogP contribution in [0.15, 0.2) is 10.8 Å². The van der Waals surface area contributed by atoms with Crippen molar-refractivity contribution in [2.45, 2.75) is 19.3 Å². The van der Waals surface area contributed by atoms with Crippen molar-refractivity contribution in [2.24, 2.45) is 5.92 Å². The molecule has 1 aromatic rings. The molecule has 0 amide bonds. The molecule has 0 atom stereocenters. The molecular formula is C8H8BrClN2. The summed E-state index contributed by atoms with van der Waals surface area (Å²) < 4.78 is 0.860. The minimum Gasteiger partial charge on any atom is -0.240 e. The van der Waals surface area contributed by atoms with Gasteiger partial charge in [-0.2, -0.15) is 0 Å². The van der Waals surface area contributed by atoms with Crippen molar-refractivity contribution in [1.82, 2.24) is 9.97 Å². The van der Waals surface area contributed by atoms with E-state index in [1.54, 1.807) is 0 Å². The van der Waals surface area contributed by atoms with Crippen LogP contribution in [0.3, 0.4) is 0 Å². The second-order valence-electron chi connectivity index (χ2n) is 3.07. The van der Waals surface area contributed by atoms with Gasteiger partial charge in [0.05, 0.1) is 10.2 Å². The van der Waals surface area contributed by atoms with Crippen LogP contribution in [-0.2, 0) is 6.42 Å². The average molecular weight is 248 g/mol. The molecule has 1 saturated carbocycles. The van der Waals surface area contributed by atoms with Gasteiger partial charge in [-0.1, -0.05) is 11.6 Å². The normalized spacial score (nSPS) is 16.5. The Morgan fingerprint density at radius 1 is 1.50 bits per heavy atom. The lowest BCUT2D eigenvalue weighted by Crippen LogP contribution is -1.95. The van der Waals surface area contributed by atoms with Crippen molar-refractivity contribution in [3.8, 4) is 0 Å². The number of hydrogen-bond donors (Lipinski definition) is 0. The second-order valence-corrected chi connectivity index (χ2v) is 4.22. The van der Waals surface area contributed by atoms with E-state index in [4.69, 9.17) is 11.6 Å². The number of rotatable bonds is 2. The molecule has 0 N–H and O–H groups in total. The third-order valence-corrected chi connectivity index (χ3v) is 3.35. The lowest BCUT2D eigenvalue weighted by molar-refractivity contribution is 0.793. The molecule has 1 aromatic heterocycles. The van der Waals surface area contributed by atoms with E-state index in [0.29, 0.717) is 5.15 Å². The number of aromatic nitrogens is 2. The van der Waals surface area contributed by atoms with Gasteiger partial charge in [0, 0.05) is 0 Å². The predicted octanol–water partition coefficient (Wildman–Crippen LogP) is 2.85. The van der Waals surface area contributed by atoms with Gasteiger partial charge in [0.15, 0.2) is 0 Å². The highest BCUT2D eigenvalue weighted by atomic mass is 79.9. The Balaban J connectivity index is 2.23. The lowest BCUT2D eigenvalue weighted by Gasteiger charge is -2.01. The number of nitrogens with zero attached hydrogens (tertiary/aromatic N) is 2. The summed E-state index contributed by atoms with van der Waals surface area (Å²) in [5.41, 5.74) is 1.04. The van der Waals surface area contributed by atoms with Crippen LogP contribution in [0.4, 0.5) is 0 Å². The maximum atomic E-state index is 5.82. The van der Waals surface area contributed by atoms with E-state index < -0.39 is 0 Å². The van der Waals surface area contributed by atoms with E-state index >= 15 is 0 Å². The van der Waals surface area contributed by atoms with Crippen LogP contribution in [0.5, 0.6) is 0 Å². The molecule has 1 fully saturated rings. The average Bonchev–Trinajstić information content (AvgIpc) is 2.83. The quantitative estimate of drug-likeness (QED) is 0.751. The highest BCUT2D eigenvalue weighted by molar-refractivity contribution is 9.10. The molecule has 0 spiro atoms. The fourth-order valence-electron chi connectivity index (χ4n) is 1.12. The van der Waals surface area contributed by atoms with Gasteiger partial charge in [-0.05, 0) is 41.1 Å². The third kappa shape index (κ3) is 1.77. The van der Waals surface area contributed by atoms with E-state index in [1.807, 2.05) is 0 Å². The standard InChI is InChI=1S/C8H8BrClN2/c9-7-6(3-5-1-2-5)11-4-12-8(7)10/h4-5H,1-3H2. The highest BCUT2D eigenvalue weighted by Crippen LogP contribution is 2.34. The first-order valence-electron chi connectivity index (χ1n) is 3.92. The molecule has 0 radical (unpaired) electrons. The van der Waals surface area contributed by atoms with Crippen LogP contribution < -0.4 is 0 Å². The first kappa shape index (κ1) is 8.45. The van der Waals surface area contributed by atoms with Gasteiger partial charge >= 0.3 is 0 Å². The molecule has 0 unspecified atom stereocenters. The molecule has 2 rings (SSSR count). The first-order valence-corrected chi connectivity index (χ1v) is 5.09. The van der Waals surface area contributed by atoms with Gasteiger partial charge in [-0.3, -0.25) is 0 Å². The maximum absolute atomic E-state index is 5.82. The van der Waals surface area contributed by atoms with Crippen molar-refractivity contribution >= 4 is 27.5 Å². The molecule has 1 heterocycles. The minimum absolute atomic E-state index is 0.514. The first-order chi connectivity index (χ1) is 5.77. The van der Waals surface area contributed by atoms with Crippen molar-refractivity contribution in [3.63, 3.8) is 0 Å². The summed E-state index contributed by atoms with van der Waals surface area (Å²) in [6.07, 6.45) is 5.20. The Bertz CT molecular complexity index is 299. The monoisotopic (exact) mass is 246 g/mol. The number of halogens is 2. The topological polar surface area (TPSA) is 25.8 Å². The summed E-state index contributed by atoms with van der Waals surface area (Å²) in [4.78, 5) is 8.05. The zero-order valence-electron chi connectivity index (χ0n) is 6.43. The SMILES string of the molecule is Clc1ncnc(CC2CC2)c1Br. The van der Waals surface area contributed by atoms with Gasteiger partial charge in [0.25, 0.3) is 0 Å². The zero-order valence-corrected chi connectivity index (χ0v) is 8.77. The summed E-state index contributed by atoms with van der Waals surface area (Å²) >= 11 is 9.20. The summed E-state index contributed by atoms with van der Waals surface area (Å²) in [5, 5.41) is 0.514. The van der Waals surface area contributed by atoms with Crippen molar-refractivity contribution in [1.29, 1.82) is 0 Å². The molecule has 0 bridgehead atoms. The summed E-state index contributed by atoms with van der Waals surface area (Å²) in [7, 11) is 0. The second kappa shape index (κ2) is 3.30. The number of hydrogen-bond acceptors (Lipinski definition) is 2. The van der Waals surface area contributed by atoms with Crippen molar-refractivity contribution in [3.05, 3.63) is 21.6 Å². The molecule has 64 valence electrons. The van der Waals surface area contributed by atoms with Crippen LogP contribution in [0.25, 0.3) is 0 Å². The molecule has 0 saturated heterocycles. The molecule has 0 aromatic carbocycles. The van der Waals surface area contributed by atoms with Gasteiger partial charge in [0.2, 0.25) is 0 Å². The third-order valence-electron chi connectivity index (χ3n) is 2.00. The molecule has 0 aliphatic heterocycles. The van der Waals surface area contributed by atoms with E-state index in [-0.39, 0.29) is 0 Å². The Kier molecular flexibility index (Phi) is 2.33. The van der Waals surface area contributed by atoms with Gasteiger partial charge in [-0.25, -0.2) is 9.97 Å². The summed E-state index contributed by atoms with van der Waals surface area (Å²) in [6.45, 7) is 0. The van der Waals surface area contributed by atoms with Gasteiger partial charge in [0.1, 0.15) is 11.5 Å². The Morgan fingerprint density at radius 2 is 2.25 bits per heavy atom. The molecule has 12 heavy (non-hydrogen) atoms. The Morgan fingerprint density at radius 3 is 2.92 bits per heavy atom. The van der Waals surface area contributed by atoms with E-state index in [0.717, 1.165) is 22.5 Å². The Hall–Kier alpha value is -0.150. The zero-order chi connectivity index (χ0) is 8.55. The minimum atomic E-state index is 0.514. The molecule has 1 aliphatic carbocycles. The van der Waals surface area contributed by atoms with Crippen LogP contribution in [0.2, 0.25) is 5.15 Å². The molecule has 4 heteroatoms. The largest absolute Gasteiger partial charge is 0.240 e. The Labute approximate surface area is 84.5 Å². The predicted molar refractivity (Wildman–Crippen MR) is 51.2 cm³/mol. The van der Waals surface area contributed by atoms with Crippen LogP contribution in [0.1, 0.15) is 18.5 Å². The lowest BCUT2D eigenvalue weighted by atomic mass is 10.2.